The molecule has 7 heteroatoms. The van der Waals surface area contributed by atoms with Crippen molar-refractivity contribution in [3.8, 4) is 10.6 Å². The molecule has 1 saturated heterocycles. The summed E-state index contributed by atoms with van der Waals surface area (Å²) >= 11 is 9.36. The molecule has 0 atom stereocenters. The van der Waals surface area contributed by atoms with E-state index in [1.165, 1.54) is 4.88 Å². The van der Waals surface area contributed by atoms with Crippen molar-refractivity contribution in [2.75, 3.05) is 32.1 Å². The molecule has 0 bridgehead atoms. The van der Waals surface area contributed by atoms with Crippen LogP contribution in [0.3, 0.4) is 0 Å². The number of amides is 1. The van der Waals surface area contributed by atoms with Crippen molar-refractivity contribution >= 4 is 40.2 Å². The summed E-state index contributed by atoms with van der Waals surface area (Å²) in [6.07, 6.45) is 0. The average molecular weight is 384 g/mol. The Morgan fingerprint density at radius 2 is 2.04 bits per heavy atom. The number of halogens is 1. The Balaban J connectivity index is 1.53. The van der Waals surface area contributed by atoms with Gasteiger partial charge in [0.2, 0.25) is 5.91 Å². The van der Waals surface area contributed by atoms with Crippen molar-refractivity contribution in [3.05, 3.63) is 27.9 Å². The van der Waals surface area contributed by atoms with E-state index in [9.17, 15) is 4.79 Å². The summed E-state index contributed by atoms with van der Waals surface area (Å²) < 4.78 is 0. The van der Waals surface area contributed by atoms with Crippen LogP contribution < -0.4 is 0 Å². The molecule has 1 amide bonds. The molecule has 2 aromatic heterocycles. The van der Waals surface area contributed by atoms with Crippen molar-refractivity contribution in [3.63, 3.8) is 0 Å². The summed E-state index contributed by atoms with van der Waals surface area (Å²) in [4.78, 5) is 22.7. The summed E-state index contributed by atoms with van der Waals surface area (Å²) in [5.41, 5.74) is 0.594. The molecular weight excluding hydrogens is 362 g/mol. The second kappa shape index (κ2) is 7.52. The number of nitrogens with zero attached hydrogens (tertiary/aromatic N) is 3. The minimum atomic E-state index is -0.478. The Hall–Kier alpha value is -0.950. The maximum absolute atomic E-state index is 12.5. The number of hydrogen-bond acceptors (Lipinski definition) is 5. The minimum Gasteiger partial charge on any atom is -0.340 e. The Morgan fingerprint density at radius 1 is 1.29 bits per heavy atom. The molecule has 0 saturated carbocycles. The lowest BCUT2D eigenvalue weighted by Gasteiger charge is -2.37. The number of aromatic nitrogens is 1. The number of thiophene rings is 1. The summed E-state index contributed by atoms with van der Waals surface area (Å²) in [5.74, 6) is 0.516. The molecule has 1 aliphatic rings. The van der Waals surface area contributed by atoms with E-state index in [1.807, 2.05) is 18.7 Å². The molecule has 0 aromatic carbocycles. The Labute approximate surface area is 156 Å². The molecule has 1 fully saturated rings. The fraction of sp³-hybridized carbons (Fsp3) is 0.529. The van der Waals surface area contributed by atoms with Crippen LogP contribution in [0.5, 0.6) is 0 Å². The van der Waals surface area contributed by atoms with Crippen LogP contribution in [0.1, 0.15) is 18.9 Å². The van der Waals surface area contributed by atoms with Crippen molar-refractivity contribution in [2.45, 2.75) is 20.4 Å². The highest BCUT2D eigenvalue weighted by molar-refractivity contribution is 7.14. The molecule has 24 heavy (non-hydrogen) atoms. The zero-order chi connectivity index (χ0) is 17.2. The van der Waals surface area contributed by atoms with Gasteiger partial charge in [0.25, 0.3) is 0 Å². The second-order valence-electron chi connectivity index (χ2n) is 6.69. The first-order valence-corrected chi connectivity index (χ1v) is 10.3. The van der Waals surface area contributed by atoms with E-state index in [-0.39, 0.29) is 5.91 Å². The monoisotopic (exact) mass is 383 g/mol. The summed E-state index contributed by atoms with van der Waals surface area (Å²) in [7, 11) is 0. The van der Waals surface area contributed by atoms with Gasteiger partial charge in [-0.25, -0.2) is 4.98 Å². The smallest absolute Gasteiger partial charge is 0.229 e. The molecule has 3 heterocycles. The Bertz CT molecular complexity index is 676. The van der Waals surface area contributed by atoms with Gasteiger partial charge < -0.3 is 4.90 Å². The van der Waals surface area contributed by atoms with Crippen LogP contribution in [0.25, 0.3) is 10.6 Å². The van der Waals surface area contributed by atoms with Crippen molar-refractivity contribution in [1.29, 1.82) is 0 Å². The maximum atomic E-state index is 12.5. The number of carbonyl (C=O) groups excluding carboxylic acids is 1. The molecule has 3 rings (SSSR count). The van der Waals surface area contributed by atoms with Crippen LogP contribution in [-0.4, -0.2) is 52.8 Å². The summed E-state index contributed by atoms with van der Waals surface area (Å²) in [6, 6.07) is 4.16. The largest absolute Gasteiger partial charge is 0.340 e. The highest BCUT2D eigenvalue weighted by Crippen LogP contribution is 2.27. The van der Waals surface area contributed by atoms with Crippen LogP contribution in [0, 0.1) is 5.41 Å². The van der Waals surface area contributed by atoms with E-state index in [1.54, 1.807) is 22.7 Å². The first kappa shape index (κ1) is 17.9. The third-order valence-corrected chi connectivity index (χ3v) is 6.65. The van der Waals surface area contributed by atoms with E-state index in [2.05, 4.69) is 27.8 Å². The van der Waals surface area contributed by atoms with E-state index in [0.29, 0.717) is 5.88 Å². The van der Waals surface area contributed by atoms with Gasteiger partial charge in [-0.2, -0.15) is 0 Å². The summed E-state index contributed by atoms with van der Waals surface area (Å²) in [6.45, 7) is 7.99. The van der Waals surface area contributed by atoms with Crippen LogP contribution in [0.2, 0.25) is 0 Å². The first-order chi connectivity index (χ1) is 11.5. The van der Waals surface area contributed by atoms with Crippen molar-refractivity contribution in [2.24, 2.45) is 5.41 Å². The van der Waals surface area contributed by atoms with E-state index >= 15 is 0 Å². The van der Waals surface area contributed by atoms with Gasteiger partial charge in [0, 0.05) is 37.4 Å². The third kappa shape index (κ3) is 3.99. The molecule has 2 aromatic rings. The van der Waals surface area contributed by atoms with E-state index in [0.717, 1.165) is 43.4 Å². The molecule has 0 N–H and O–H groups in total. The number of alkyl halides is 1. The predicted molar refractivity (Wildman–Crippen MR) is 102 cm³/mol. The fourth-order valence-electron chi connectivity index (χ4n) is 2.71. The molecule has 0 spiro atoms. The zero-order valence-electron chi connectivity index (χ0n) is 14.0. The highest BCUT2D eigenvalue weighted by Gasteiger charge is 2.33. The standard InChI is InChI=1S/C17H22ClN3OS2/c1-17(2,12-18)16(22)21-7-5-20(6-8-21)10-15-19-13(11-24-15)14-4-3-9-23-14/h3-4,9,11H,5-8,10,12H2,1-2H3. The Kier molecular flexibility index (Phi) is 5.59. The number of carbonyl (C=O) groups is 1. The van der Waals surface area contributed by atoms with Crippen LogP contribution in [0.15, 0.2) is 22.9 Å². The molecule has 130 valence electrons. The molecule has 0 unspecified atom stereocenters. The molecule has 4 nitrogen and oxygen atoms in total. The molecular formula is C17H22ClN3OS2. The quantitative estimate of drug-likeness (QED) is 0.737. The topological polar surface area (TPSA) is 36.4 Å². The van der Waals surface area contributed by atoms with Gasteiger partial charge >= 0.3 is 0 Å². The lowest BCUT2D eigenvalue weighted by atomic mass is 9.94. The maximum Gasteiger partial charge on any atom is 0.229 e. The highest BCUT2D eigenvalue weighted by atomic mass is 35.5. The average Bonchev–Trinajstić information content (AvgIpc) is 3.26. The molecule has 1 aliphatic heterocycles. The number of rotatable bonds is 5. The van der Waals surface area contributed by atoms with Crippen LogP contribution in [0.4, 0.5) is 0 Å². The van der Waals surface area contributed by atoms with Gasteiger partial charge in [-0.3, -0.25) is 9.69 Å². The number of piperazine rings is 1. The van der Waals surface area contributed by atoms with Gasteiger partial charge in [0.05, 0.1) is 22.5 Å². The predicted octanol–water partition coefficient (Wildman–Crippen LogP) is 3.78. The SMILES string of the molecule is CC(C)(CCl)C(=O)N1CCN(Cc2nc(-c3cccs3)cs2)CC1. The third-order valence-electron chi connectivity index (χ3n) is 4.26. The first-order valence-electron chi connectivity index (χ1n) is 8.05. The second-order valence-corrected chi connectivity index (χ2v) is 8.85. The van der Waals surface area contributed by atoms with E-state index in [4.69, 9.17) is 16.6 Å². The zero-order valence-corrected chi connectivity index (χ0v) is 16.4. The lowest BCUT2D eigenvalue weighted by Crippen LogP contribution is -2.52. The van der Waals surface area contributed by atoms with E-state index < -0.39 is 5.41 Å². The van der Waals surface area contributed by atoms with Gasteiger partial charge in [-0.05, 0) is 25.3 Å². The lowest BCUT2D eigenvalue weighted by molar-refractivity contribution is -0.141. The van der Waals surface area contributed by atoms with Crippen molar-refractivity contribution < 1.29 is 4.79 Å². The van der Waals surface area contributed by atoms with Crippen LogP contribution in [-0.2, 0) is 11.3 Å². The van der Waals surface area contributed by atoms with Crippen LogP contribution >= 0.6 is 34.3 Å². The normalized spacial score (nSPS) is 16.5. The fourth-order valence-corrected chi connectivity index (χ4v) is 4.42. The summed E-state index contributed by atoms with van der Waals surface area (Å²) in [5, 5.41) is 5.34. The van der Waals surface area contributed by atoms with Gasteiger partial charge in [0.15, 0.2) is 0 Å². The number of thiazole rings is 1. The van der Waals surface area contributed by atoms with Gasteiger partial charge in [-0.15, -0.1) is 34.3 Å². The molecule has 0 radical (unpaired) electrons. The van der Waals surface area contributed by atoms with Gasteiger partial charge in [-0.1, -0.05) is 6.07 Å². The van der Waals surface area contributed by atoms with Gasteiger partial charge in [0.1, 0.15) is 5.01 Å². The van der Waals surface area contributed by atoms with Crippen molar-refractivity contribution in [1.82, 2.24) is 14.8 Å². The number of hydrogen-bond donors (Lipinski definition) is 0. The minimum absolute atomic E-state index is 0.159. The molecule has 0 aliphatic carbocycles. The Morgan fingerprint density at radius 3 is 2.67 bits per heavy atom.